The van der Waals surface area contributed by atoms with E-state index >= 15 is 0 Å². The predicted molar refractivity (Wildman–Crippen MR) is 71.5 cm³/mol. The van der Waals surface area contributed by atoms with Crippen LogP contribution in [0.4, 0.5) is 0 Å². The minimum atomic E-state index is 0.665. The molecular weight excluding hydrogens is 210 g/mol. The lowest BCUT2D eigenvalue weighted by molar-refractivity contribution is 0.391. The van der Waals surface area contributed by atoms with Crippen LogP contribution < -0.4 is 5.43 Å². The Hall–Kier alpha value is -1.12. The van der Waals surface area contributed by atoms with Crippen LogP contribution in [0, 0.1) is 17.8 Å². The Labute approximate surface area is 103 Å². The van der Waals surface area contributed by atoms with Gasteiger partial charge in [-0.2, -0.15) is 5.10 Å². The van der Waals surface area contributed by atoms with Crippen LogP contribution in [0.15, 0.2) is 22.2 Å². The van der Waals surface area contributed by atoms with Gasteiger partial charge < -0.3 is 5.43 Å². The molecule has 0 radical (unpaired) electrons. The number of hydrogen-bond donors (Lipinski definition) is 1. The normalized spacial score (nSPS) is 36.7. The van der Waals surface area contributed by atoms with Crippen LogP contribution in [0.5, 0.6) is 0 Å². The molecule has 0 aromatic carbocycles. The van der Waals surface area contributed by atoms with Gasteiger partial charge in [0.1, 0.15) is 0 Å². The molecule has 1 aliphatic carbocycles. The average molecular weight is 231 g/mol. The molecule has 2 aliphatic heterocycles. The average Bonchev–Trinajstić information content (AvgIpc) is 2.90. The molecule has 3 heteroatoms. The lowest BCUT2D eigenvalue weighted by Crippen LogP contribution is -2.32. The number of nitrogens with one attached hydrogen (secondary N) is 1. The summed E-state index contributed by atoms with van der Waals surface area (Å²) in [5.41, 5.74) is 4.69. The molecule has 1 N–H and O–H groups in total. The number of hydrogen-bond acceptors (Lipinski definition) is 3. The highest BCUT2D eigenvalue weighted by atomic mass is 15.3. The Morgan fingerprint density at radius 1 is 1.18 bits per heavy atom. The van der Waals surface area contributed by atoms with Crippen LogP contribution in [0.25, 0.3) is 0 Å². The second kappa shape index (κ2) is 5.03. The molecule has 0 saturated heterocycles. The molecule has 3 atom stereocenters. The second-order valence-electron chi connectivity index (χ2n) is 5.36. The highest BCUT2D eigenvalue weighted by Crippen LogP contribution is 2.32. The van der Waals surface area contributed by atoms with Crippen LogP contribution in [0.1, 0.15) is 32.1 Å². The Balaban J connectivity index is 1.70. The summed E-state index contributed by atoms with van der Waals surface area (Å²) >= 11 is 0. The largest absolute Gasteiger partial charge is 0.309 e. The monoisotopic (exact) mass is 231 g/mol. The zero-order valence-electron chi connectivity index (χ0n) is 10.3. The van der Waals surface area contributed by atoms with E-state index in [9.17, 15) is 0 Å². The summed E-state index contributed by atoms with van der Waals surface area (Å²) < 4.78 is 0. The van der Waals surface area contributed by atoms with E-state index in [-0.39, 0.29) is 0 Å². The summed E-state index contributed by atoms with van der Waals surface area (Å²) in [6, 6.07) is 0. The summed E-state index contributed by atoms with van der Waals surface area (Å²) in [6.45, 7) is 2.06. The fourth-order valence-electron chi connectivity index (χ4n) is 3.31. The molecule has 0 amide bonds. The maximum atomic E-state index is 4.60. The van der Waals surface area contributed by atoms with Gasteiger partial charge in [0.15, 0.2) is 0 Å². The van der Waals surface area contributed by atoms with Gasteiger partial charge in [0.05, 0.1) is 0 Å². The second-order valence-corrected chi connectivity index (χ2v) is 5.36. The first-order valence-corrected chi connectivity index (χ1v) is 6.89. The molecule has 3 unspecified atom stereocenters. The smallest absolute Gasteiger partial charge is 0.0464 e. The van der Waals surface area contributed by atoms with Gasteiger partial charge in [-0.3, -0.25) is 4.99 Å². The predicted octanol–water partition coefficient (Wildman–Crippen LogP) is 2.40. The van der Waals surface area contributed by atoms with E-state index in [1.54, 1.807) is 0 Å². The van der Waals surface area contributed by atoms with Crippen LogP contribution in [0.2, 0.25) is 0 Å². The number of aliphatic imine (C=N–C) groups is 1. The van der Waals surface area contributed by atoms with Crippen molar-refractivity contribution in [3.05, 3.63) is 12.2 Å². The molecule has 92 valence electrons. The van der Waals surface area contributed by atoms with E-state index < -0.39 is 0 Å². The summed E-state index contributed by atoms with van der Waals surface area (Å²) in [4.78, 5) is 4.34. The number of rotatable bonds is 2. The van der Waals surface area contributed by atoms with Crippen molar-refractivity contribution >= 4 is 11.9 Å². The molecule has 2 heterocycles. The molecule has 0 fully saturated rings. The van der Waals surface area contributed by atoms with Crippen molar-refractivity contribution in [2.75, 3.05) is 13.1 Å². The highest BCUT2D eigenvalue weighted by Gasteiger charge is 2.34. The van der Waals surface area contributed by atoms with E-state index in [0.717, 1.165) is 25.4 Å². The first kappa shape index (κ1) is 11.0. The van der Waals surface area contributed by atoms with Gasteiger partial charge in [0.25, 0.3) is 0 Å². The summed E-state index contributed by atoms with van der Waals surface area (Å²) in [6.07, 6.45) is 12.8. The first-order chi connectivity index (χ1) is 8.45. The lowest BCUT2D eigenvalue weighted by atomic mass is 9.76. The van der Waals surface area contributed by atoms with Crippen LogP contribution in [-0.2, 0) is 0 Å². The maximum Gasteiger partial charge on any atom is 0.0464 e. The van der Waals surface area contributed by atoms with Crippen LogP contribution >= 0.6 is 0 Å². The van der Waals surface area contributed by atoms with Gasteiger partial charge in [-0.1, -0.05) is 12.2 Å². The van der Waals surface area contributed by atoms with E-state index in [1.807, 2.05) is 0 Å². The fraction of sp³-hybridized carbons (Fsp3) is 0.714. The van der Waals surface area contributed by atoms with Crippen molar-refractivity contribution < 1.29 is 0 Å². The highest BCUT2D eigenvalue weighted by molar-refractivity contribution is 5.91. The molecular formula is C14H21N3. The zero-order valence-corrected chi connectivity index (χ0v) is 10.3. The van der Waals surface area contributed by atoms with Crippen molar-refractivity contribution in [3.8, 4) is 0 Å². The zero-order chi connectivity index (χ0) is 11.5. The SMILES string of the molecule is C1=CCC(C2=NNCC2C2CC=NCC2)CC1. The van der Waals surface area contributed by atoms with Gasteiger partial charge in [0.2, 0.25) is 0 Å². The Morgan fingerprint density at radius 2 is 2.18 bits per heavy atom. The molecule has 0 aromatic heterocycles. The molecule has 0 bridgehead atoms. The summed E-state index contributed by atoms with van der Waals surface area (Å²) in [7, 11) is 0. The van der Waals surface area contributed by atoms with Gasteiger partial charge in [0, 0.05) is 30.6 Å². The molecule has 17 heavy (non-hydrogen) atoms. The first-order valence-electron chi connectivity index (χ1n) is 6.89. The van der Waals surface area contributed by atoms with Crippen molar-refractivity contribution in [3.63, 3.8) is 0 Å². The Morgan fingerprint density at radius 3 is 2.94 bits per heavy atom. The quantitative estimate of drug-likeness (QED) is 0.728. The van der Waals surface area contributed by atoms with Crippen molar-refractivity contribution in [2.45, 2.75) is 32.1 Å². The van der Waals surface area contributed by atoms with Gasteiger partial charge >= 0.3 is 0 Å². The maximum absolute atomic E-state index is 4.60. The molecule has 3 nitrogen and oxygen atoms in total. The third kappa shape index (κ3) is 2.28. The Bertz CT molecular complexity index is 356. The molecule has 0 spiro atoms. The third-order valence-electron chi connectivity index (χ3n) is 4.32. The summed E-state index contributed by atoms with van der Waals surface area (Å²) in [5.74, 6) is 2.13. The minimum Gasteiger partial charge on any atom is -0.309 e. The number of nitrogens with zero attached hydrogens (tertiary/aromatic N) is 2. The van der Waals surface area contributed by atoms with E-state index in [2.05, 4.69) is 33.9 Å². The molecule has 0 aromatic rings. The minimum absolute atomic E-state index is 0.665. The topological polar surface area (TPSA) is 36.8 Å². The number of hydrazone groups is 1. The van der Waals surface area contributed by atoms with E-state index in [4.69, 9.17) is 0 Å². The van der Waals surface area contributed by atoms with Crippen molar-refractivity contribution in [1.29, 1.82) is 0 Å². The van der Waals surface area contributed by atoms with E-state index in [1.165, 1.54) is 31.4 Å². The molecule has 0 saturated carbocycles. The van der Waals surface area contributed by atoms with Crippen molar-refractivity contribution in [1.82, 2.24) is 5.43 Å². The van der Waals surface area contributed by atoms with Crippen LogP contribution in [-0.4, -0.2) is 25.0 Å². The van der Waals surface area contributed by atoms with Crippen molar-refractivity contribution in [2.24, 2.45) is 27.8 Å². The van der Waals surface area contributed by atoms with Gasteiger partial charge in [-0.25, -0.2) is 0 Å². The molecule has 3 aliphatic rings. The third-order valence-corrected chi connectivity index (χ3v) is 4.32. The van der Waals surface area contributed by atoms with Gasteiger partial charge in [-0.05, 0) is 44.2 Å². The fourth-order valence-corrected chi connectivity index (χ4v) is 3.31. The Kier molecular flexibility index (Phi) is 3.25. The van der Waals surface area contributed by atoms with Crippen LogP contribution in [0.3, 0.4) is 0 Å². The standard InChI is InChI=1S/C14H21N3/c1-2-4-12(5-3-1)14-13(10-16-17-14)11-6-8-15-9-7-11/h1-2,8,11-13,16H,3-7,9-10H2. The van der Waals surface area contributed by atoms with E-state index in [0.29, 0.717) is 11.8 Å². The summed E-state index contributed by atoms with van der Waals surface area (Å²) in [5, 5.41) is 4.60. The van der Waals surface area contributed by atoms with Gasteiger partial charge in [-0.15, -0.1) is 0 Å². The molecule has 3 rings (SSSR count). The lowest BCUT2D eigenvalue weighted by Gasteiger charge is -2.28. The number of allylic oxidation sites excluding steroid dienone is 2.